The molecular weight excluding hydrogens is 228 g/mol. The molecule has 16 heavy (non-hydrogen) atoms. The predicted octanol–water partition coefficient (Wildman–Crippen LogP) is 0.697. The Labute approximate surface area is 99.9 Å². The molecule has 0 aliphatic carbocycles. The van der Waals surface area contributed by atoms with Gasteiger partial charge in [-0.25, -0.2) is 0 Å². The number of nitrogens with two attached hydrogens (primary N) is 1. The van der Waals surface area contributed by atoms with Crippen LogP contribution < -0.4 is 11.1 Å². The van der Waals surface area contributed by atoms with E-state index in [2.05, 4.69) is 10.4 Å². The number of carbonyl (C=O) groups is 1. The molecule has 1 unspecified atom stereocenters. The minimum atomic E-state index is -0.435. The van der Waals surface area contributed by atoms with Crippen molar-refractivity contribution in [3.8, 4) is 0 Å². The molecule has 90 valence electrons. The lowest BCUT2D eigenvalue weighted by Crippen LogP contribution is -2.47. The monoisotopic (exact) mass is 244 g/mol. The molecule has 1 heterocycles. The van der Waals surface area contributed by atoms with Crippen LogP contribution >= 0.6 is 11.6 Å². The summed E-state index contributed by atoms with van der Waals surface area (Å²) in [4.78, 5) is 11.2. The molecule has 1 amide bonds. The maximum Gasteiger partial charge on any atom is 0.236 e. The van der Waals surface area contributed by atoms with Gasteiger partial charge in [0.15, 0.2) is 0 Å². The lowest BCUT2D eigenvalue weighted by atomic mass is 10.2. The fourth-order valence-corrected chi connectivity index (χ4v) is 1.55. The molecule has 6 heteroatoms. The molecular formula is C10H17ClN4O. The van der Waals surface area contributed by atoms with Gasteiger partial charge in [0.25, 0.3) is 0 Å². The van der Waals surface area contributed by atoms with Crippen molar-refractivity contribution < 1.29 is 4.79 Å². The lowest BCUT2D eigenvalue weighted by molar-refractivity contribution is -0.120. The number of aromatic nitrogens is 2. The van der Waals surface area contributed by atoms with E-state index in [-0.39, 0.29) is 6.04 Å². The van der Waals surface area contributed by atoms with Gasteiger partial charge < -0.3 is 11.1 Å². The van der Waals surface area contributed by atoms with Gasteiger partial charge in [-0.1, -0.05) is 25.4 Å². The van der Waals surface area contributed by atoms with Crippen molar-refractivity contribution in [2.24, 2.45) is 5.73 Å². The number of primary amides is 1. The third-order valence-electron chi connectivity index (χ3n) is 2.13. The lowest BCUT2D eigenvalue weighted by Gasteiger charge is -2.17. The van der Waals surface area contributed by atoms with E-state index in [0.717, 1.165) is 5.69 Å². The highest BCUT2D eigenvalue weighted by Gasteiger charge is 2.17. The average Bonchev–Trinajstić information content (AvgIpc) is 2.44. The normalized spacial score (nSPS) is 13.1. The summed E-state index contributed by atoms with van der Waals surface area (Å²) < 4.78 is 1.63. The highest BCUT2D eigenvalue weighted by Crippen LogP contribution is 2.12. The first-order valence-electron chi connectivity index (χ1n) is 5.15. The average molecular weight is 245 g/mol. The third kappa shape index (κ3) is 3.50. The van der Waals surface area contributed by atoms with Crippen molar-refractivity contribution in [2.75, 3.05) is 0 Å². The Morgan fingerprint density at radius 2 is 2.31 bits per heavy atom. The van der Waals surface area contributed by atoms with Gasteiger partial charge in [-0.3, -0.25) is 9.48 Å². The largest absolute Gasteiger partial charge is 0.368 e. The van der Waals surface area contributed by atoms with E-state index in [4.69, 9.17) is 17.3 Å². The zero-order valence-electron chi connectivity index (χ0n) is 9.70. The van der Waals surface area contributed by atoms with Crippen LogP contribution in [0.4, 0.5) is 0 Å². The highest BCUT2D eigenvalue weighted by molar-refractivity contribution is 6.31. The second-order valence-electron chi connectivity index (χ2n) is 4.06. The second-order valence-corrected chi connectivity index (χ2v) is 4.47. The van der Waals surface area contributed by atoms with Crippen LogP contribution in [0.15, 0.2) is 6.20 Å². The molecule has 0 bridgehead atoms. The number of amides is 1. The number of rotatable bonds is 5. The first kappa shape index (κ1) is 13.0. The Bertz CT molecular complexity index is 355. The van der Waals surface area contributed by atoms with Crippen LogP contribution in [0.5, 0.6) is 0 Å². The van der Waals surface area contributed by atoms with E-state index in [0.29, 0.717) is 11.6 Å². The molecule has 0 aliphatic rings. The molecule has 0 aliphatic heterocycles. The van der Waals surface area contributed by atoms with E-state index in [1.165, 1.54) is 0 Å². The van der Waals surface area contributed by atoms with E-state index in [1.807, 2.05) is 20.8 Å². The summed E-state index contributed by atoms with van der Waals surface area (Å²) in [5, 5.41) is 7.85. The topological polar surface area (TPSA) is 72.9 Å². The van der Waals surface area contributed by atoms with Gasteiger partial charge in [0.2, 0.25) is 5.91 Å². The van der Waals surface area contributed by atoms with Crippen LogP contribution in [0.2, 0.25) is 5.02 Å². The first-order valence-corrected chi connectivity index (χ1v) is 5.53. The molecule has 1 aromatic heterocycles. The number of aryl methyl sites for hydroxylation is 1. The van der Waals surface area contributed by atoms with Crippen LogP contribution in [-0.4, -0.2) is 27.8 Å². The highest BCUT2D eigenvalue weighted by atomic mass is 35.5. The molecule has 0 radical (unpaired) electrons. The quantitative estimate of drug-likeness (QED) is 0.801. The fourth-order valence-electron chi connectivity index (χ4n) is 1.40. The Balaban J connectivity index is 2.71. The smallest absolute Gasteiger partial charge is 0.236 e. The number of carbonyl (C=O) groups excluding carboxylic acids is 1. The number of halogens is 1. The van der Waals surface area contributed by atoms with Gasteiger partial charge in [0.1, 0.15) is 6.04 Å². The molecule has 0 saturated heterocycles. The van der Waals surface area contributed by atoms with E-state index < -0.39 is 11.9 Å². The van der Waals surface area contributed by atoms with Crippen LogP contribution in [0.25, 0.3) is 0 Å². The molecule has 5 nitrogen and oxygen atoms in total. The fraction of sp³-hybridized carbons (Fsp3) is 0.600. The summed E-state index contributed by atoms with van der Waals surface area (Å²) in [6.45, 7) is 6.11. The SMILES string of the molecule is Cc1nn(CC(NC(C)C)C(N)=O)cc1Cl. The van der Waals surface area contributed by atoms with E-state index in [1.54, 1.807) is 10.9 Å². The molecule has 3 N–H and O–H groups in total. The van der Waals surface area contributed by atoms with Crippen molar-refractivity contribution in [2.45, 2.75) is 39.4 Å². The van der Waals surface area contributed by atoms with Crippen molar-refractivity contribution in [3.05, 3.63) is 16.9 Å². The van der Waals surface area contributed by atoms with Crippen LogP contribution in [0.3, 0.4) is 0 Å². The van der Waals surface area contributed by atoms with Gasteiger partial charge in [-0.2, -0.15) is 5.10 Å². The summed E-state index contributed by atoms with van der Waals surface area (Å²) in [7, 11) is 0. The Morgan fingerprint density at radius 1 is 1.69 bits per heavy atom. The molecule has 1 rings (SSSR count). The van der Waals surface area contributed by atoms with Crippen molar-refractivity contribution in [1.29, 1.82) is 0 Å². The van der Waals surface area contributed by atoms with Crippen LogP contribution in [-0.2, 0) is 11.3 Å². The van der Waals surface area contributed by atoms with Gasteiger partial charge in [-0.15, -0.1) is 0 Å². The van der Waals surface area contributed by atoms with Crippen molar-refractivity contribution >= 4 is 17.5 Å². The Hall–Kier alpha value is -1.07. The van der Waals surface area contributed by atoms with Gasteiger partial charge >= 0.3 is 0 Å². The van der Waals surface area contributed by atoms with E-state index >= 15 is 0 Å². The number of hydrogen-bond donors (Lipinski definition) is 2. The zero-order valence-corrected chi connectivity index (χ0v) is 10.5. The summed E-state index contributed by atoms with van der Waals surface area (Å²) in [5.74, 6) is -0.391. The molecule has 1 atom stereocenters. The molecule has 0 fully saturated rings. The third-order valence-corrected chi connectivity index (χ3v) is 2.51. The molecule has 0 spiro atoms. The van der Waals surface area contributed by atoms with Gasteiger partial charge in [0, 0.05) is 12.2 Å². The van der Waals surface area contributed by atoms with Gasteiger partial charge in [-0.05, 0) is 6.92 Å². The number of nitrogens with one attached hydrogen (secondary N) is 1. The Morgan fingerprint density at radius 3 is 2.69 bits per heavy atom. The second kappa shape index (κ2) is 5.32. The minimum Gasteiger partial charge on any atom is -0.368 e. The molecule has 0 saturated carbocycles. The van der Waals surface area contributed by atoms with E-state index in [9.17, 15) is 4.79 Å². The van der Waals surface area contributed by atoms with Crippen molar-refractivity contribution in [3.63, 3.8) is 0 Å². The first-order chi connectivity index (χ1) is 7.40. The Kier molecular flexibility index (Phi) is 4.32. The van der Waals surface area contributed by atoms with Crippen LogP contribution in [0.1, 0.15) is 19.5 Å². The standard InChI is InChI=1S/C10H17ClN4O/c1-6(2)13-9(10(12)16)5-15-4-8(11)7(3)14-15/h4,6,9,13H,5H2,1-3H3,(H2,12,16). The summed E-state index contributed by atoms with van der Waals surface area (Å²) >= 11 is 5.88. The summed E-state index contributed by atoms with van der Waals surface area (Å²) in [6, 6.07) is -0.250. The predicted molar refractivity (Wildman–Crippen MR) is 63.2 cm³/mol. The molecule has 0 aromatic carbocycles. The maximum atomic E-state index is 11.2. The number of hydrogen-bond acceptors (Lipinski definition) is 3. The maximum absolute atomic E-state index is 11.2. The zero-order chi connectivity index (χ0) is 12.3. The van der Waals surface area contributed by atoms with Crippen LogP contribution in [0, 0.1) is 6.92 Å². The van der Waals surface area contributed by atoms with Gasteiger partial charge in [0.05, 0.1) is 17.3 Å². The number of nitrogens with zero attached hydrogens (tertiary/aromatic N) is 2. The summed E-state index contributed by atoms with van der Waals surface area (Å²) in [6.07, 6.45) is 1.69. The minimum absolute atomic E-state index is 0.185. The summed E-state index contributed by atoms with van der Waals surface area (Å²) in [5.41, 5.74) is 6.05. The molecule has 1 aromatic rings. The van der Waals surface area contributed by atoms with Crippen molar-refractivity contribution in [1.82, 2.24) is 15.1 Å².